The van der Waals surface area contributed by atoms with Gasteiger partial charge in [0.2, 0.25) is 11.8 Å². The van der Waals surface area contributed by atoms with Gasteiger partial charge in [0, 0.05) is 6.54 Å². The van der Waals surface area contributed by atoms with Crippen molar-refractivity contribution in [3.63, 3.8) is 0 Å². The molecule has 1 rings (SSSR count). The lowest BCUT2D eigenvalue weighted by molar-refractivity contribution is -0.145. The minimum atomic E-state index is -0.842. The van der Waals surface area contributed by atoms with Crippen molar-refractivity contribution >= 4 is 11.8 Å². The molecule has 0 saturated carbocycles. The smallest absolute Gasteiger partial charge is 0.240 e. The summed E-state index contributed by atoms with van der Waals surface area (Å²) in [6.07, 6.45) is -0.113. The summed E-state index contributed by atoms with van der Waals surface area (Å²) in [5.41, 5.74) is 10.6. The molecule has 0 bridgehead atoms. The molecule has 16 heavy (non-hydrogen) atoms. The minimum Gasteiger partial charge on any atom is -0.375 e. The second kappa shape index (κ2) is 5.27. The molecule has 1 aliphatic rings. The standard InChI is InChI=1S/C10H19N3O3/c1-6-5-16-7(2)4-13(6)10(15)8(11)3-9(12)14/h6-8H,3-5,11H2,1-2H3,(H2,12,14). The molecule has 2 amide bonds. The van der Waals surface area contributed by atoms with Crippen LogP contribution in [0.5, 0.6) is 0 Å². The third-order valence-corrected chi connectivity index (χ3v) is 2.63. The van der Waals surface area contributed by atoms with Crippen LogP contribution in [-0.4, -0.2) is 48.1 Å². The van der Waals surface area contributed by atoms with E-state index in [0.29, 0.717) is 13.2 Å². The fourth-order valence-corrected chi connectivity index (χ4v) is 1.73. The number of amides is 2. The van der Waals surface area contributed by atoms with Gasteiger partial charge in [0.25, 0.3) is 0 Å². The fraction of sp³-hybridized carbons (Fsp3) is 0.800. The van der Waals surface area contributed by atoms with Crippen molar-refractivity contribution < 1.29 is 14.3 Å². The van der Waals surface area contributed by atoms with Gasteiger partial charge in [-0.3, -0.25) is 9.59 Å². The van der Waals surface area contributed by atoms with Gasteiger partial charge in [-0.25, -0.2) is 0 Å². The molecule has 3 atom stereocenters. The van der Waals surface area contributed by atoms with E-state index in [2.05, 4.69) is 0 Å². The Morgan fingerprint density at radius 1 is 1.50 bits per heavy atom. The Balaban J connectivity index is 2.60. The van der Waals surface area contributed by atoms with Gasteiger partial charge in [0.05, 0.1) is 31.2 Å². The van der Waals surface area contributed by atoms with Gasteiger partial charge < -0.3 is 21.1 Å². The molecule has 1 fully saturated rings. The Bertz CT molecular complexity index is 282. The third-order valence-electron chi connectivity index (χ3n) is 2.63. The molecule has 0 aromatic carbocycles. The fourth-order valence-electron chi connectivity index (χ4n) is 1.73. The molecule has 6 heteroatoms. The Morgan fingerprint density at radius 3 is 2.69 bits per heavy atom. The zero-order valence-electron chi connectivity index (χ0n) is 9.68. The average molecular weight is 229 g/mol. The number of carbonyl (C=O) groups excluding carboxylic acids is 2. The molecule has 92 valence electrons. The topological polar surface area (TPSA) is 98.6 Å². The van der Waals surface area contributed by atoms with Crippen LogP contribution in [0.1, 0.15) is 20.3 Å². The predicted molar refractivity (Wildman–Crippen MR) is 58.4 cm³/mol. The number of primary amides is 1. The normalized spacial score (nSPS) is 27.6. The van der Waals surface area contributed by atoms with Gasteiger partial charge in [0.15, 0.2) is 0 Å². The summed E-state index contributed by atoms with van der Waals surface area (Å²) in [5, 5.41) is 0. The molecular weight excluding hydrogens is 210 g/mol. The van der Waals surface area contributed by atoms with Crippen LogP contribution in [0.25, 0.3) is 0 Å². The minimum absolute atomic E-state index is 0.000859. The van der Waals surface area contributed by atoms with Crippen LogP contribution in [-0.2, 0) is 14.3 Å². The van der Waals surface area contributed by atoms with E-state index in [9.17, 15) is 9.59 Å². The van der Waals surface area contributed by atoms with Crippen molar-refractivity contribution in [1.29, 1.82) is 0 Å². The number of hydrogen-bond donors (Lipinski definition) is 2. The zero-order valence-corrected chi connectivity index (χ0v) is 9.68. The summed E-state index contributed by atoms with van der Waals surface area (Å²) >= 11 is 0. The van der Waals surface area contributed by atoms with Crippen LogP contribution in [0.4, 0.5) is 0 Å². The third kappa shape index (κ3) is 3.18. The van der Waals surface area contributed by atoms with Gasteiger partial charge in [0.1, 0.15) is 0 Å². The lowest BCUT2D eigenvalue weighted by Crippen LogP contribution is -2.55. The number of ether oxygens (including phenoxy) is 1. The summed E-state index contributed by atoms with van der Waals surface area (Å²) in [6, 6.07) is -0.854. The van der Waals surface area contributed by atoms with Gasteiger partial charge in [-0.2, -0.15) is 0 Å². The molecule has 4 N–H and O–H groups in total. The molecular formula is C10H19N3O3. The second-order valence-electron chi connectivity index (χ2n) is 4.26. The van der Waals surface area contributed by atoms with E-state index < -0.39 is 11.9 Å². The lowest BCUT2D eigenvalue weighted by atomic mass is 10.1. The first kappa shape index (κ1) is 12.9. The maximum atomic E-state index is 11.9. The van der Waals surface area contributed by atoms with Crippen molar-refractivity contribution in [2.24, 2.45) is 11.5 Å². The molecule has 1 saturated heterocycles. The van der Waals surface area contributed by atoms with Gasteiger partial charge in [-0.1, -0.05) is 0 Å². The van der Waals surface area contributed by atoms with E-state index in [0.717, 1.165) is 0 Å². The summed E-state index contributed by atoms with van der Waals surface area (Å²) < 4.78 is 5.40. The number of nitrogens with zero attached hydrogens (tertiary/aromatic N) is 1. The van der Waals surface area contributed by atoms with Crippen molar-refractivity contribution in [3.8, 4) is 0 Å². The van der Waals surface area contributed by atoms with Crippen molar-refractivity contribution in [2.75, 3.05) is 13.2 Å². The Kier molecular flexibility index (Phi) is 4.26. The molecule has 1 aliphatic heterocycles. The summed E-state index contributed by atoms with van der Waals surface area (Å²) in [7, 11) is 0. The predicted octanol–water partition coefficient (Wildman–Crippen LogP) is -1.18. The first-order valence-corrected chi connectivity index (χ1v) is 5.37. The van der Waals surface area contributed by atoms with Crippen LogP contribution < -0.4 is 11.5 Å². The Hall–Kier alpha value is -1.14. The monoisotopic (exact) mass is 229 g/mol. The Labute approximate surface area is 94.9 Å². The molecule has 0 aromatic rings. The average Bonchev–Trinajstić information content (AvgIpc) is 2.19. The highest BCUT2D eigenvalue weighted by atomic mass is 16.5. The molecule has 0 radical (unpaired) electrons. The SMILES string of the molecule is CC1CN(C(=O)C(N)CC(N)=O)C(C)CO1. The largest absolute Gasteiger partial charge is 0.375 e. The van der Waals surface area contributed by atoms with E-state index in [1.165, 1.54) is 0 Å². The number of carbonyl (C=O) groups is 2. The van der Waals surface area contributed by atoms with Crippen LogP contribution in [0.2, 0.25) is 0 Å². The maximum absolute atomic E-state index is 11.9. The lowest BCUT2D eigenvalue weighted by Gasteiger charge is -2.38. The molecule has 1 heterocycles. The van der Waals surface area contributed by atoms with Crippen molar-refractivity contribution in [1.82, 2.24) is 4.90 Å². The van der Waals surface area contributed by atoms with Crippen LogP contribution in [0.3, 0.4) is 0 Å². The molecule has 0 aliphatic carbocycles. The van der Waals surface area contributed by atoms with Crippen LogP contribution in [0, 0.1) is 0 Å². The number of nitrogens with two attached hydrogens (primary N) is 2. The molecule has 6 nitrogen and oxygen atoms in total. The number of hydrogen-bond acceptors (Lipinski definition) is 4. The molecule has 3 unspecified atom stereocenters. The quantitative estimate of drug-likeness (QED) is 0.636. The first-order chi connectivity index (χ1) is 7.41. The zero-order chi connectivity index (χ0) is 12.3. The summed E-state index contributed by atoms with van der Waals surface area (Å²) in [5.74, 6) is -0.795. The van der Waals surface area contributed by atoms with Crippen molar-refractivity contribution in [2.45, 2.75) is 38.5 Å². The van der Waals surface area contributed by atoms with Gasteiger partial charge in [-0.15, -0.1) is 0 Å². The maximum Gasteiger partial charge on any atom is 0.240 e. The van der Waals surface area contributed by atoms with E-state index in [1.807, 2.05) is 13.8 Å². The van der Waals surface area contributed by atoms with Crippen LogP contribution >= 0.6 is 0 Å². The highest BCUT2D eigenvalue weighted by Crippen LogP contribution is 2.12. The van der Waals surface area contributed by atoms with Crippen LogP contribution in [0.15, 0.2) is 0 Å². The van der Waals surface area contributed by atoms with Gasteiger partial charge >= 0.3 is 0 Å². The Morgan fingerprint density at radius 2 is 2.12 bits per heavy atom. The first-order valence-electron chi connectivity index (χ1n) is 5.37. The van der Waals surface area contributed by atoms with E-state index in [4.69, 9.17) is 16.2 Å². The summed E-state index contributed by atoms with van der Waals surface area (Å²) in [4.78, 5) is 24.3. The second-order valence-corrected chi connectivity index (χ2v) is 4.26. The molecule has 0 aromatic heterocycles. The highest BCUT2D eigenvalue weighted by Gasteiger charge is 2.30. The van der Waals surface area contributed by atoms with E-state index in [-0.39, 0.29) is 24.5 Å². The molecule has 0 spiro atoms. The number of rotatable bonds is 3. The van der Waals surface area contributed by atoms with E-state index >= 15 is 0 Å². The summed E-state index contributed by atoms with van der Waals surface area (Å²) in [6.45, 7) is 4.79. The van der Waals surface area contributed by atoms with Gasteiger partial charge in [-0.05, 0) is 13.8 Å². The number of morpholine rings is 1. The van der Waals surface area contributed by atoms with Crippen molar-refractivity contribution in [3.05, 3.63) is 0 Å². The highest BCUT2D eigenvalue weighted by molar-refractivity contribution is 5.87. The van der Waals surface area contributed by atoms with E-state index in [1.54, 1.807) is 4.90 Å².